The zero-order valence-corrected chi connectivity index (χ0v) is 9.54. The summed E-state index contributed by atoms with van der Waals surface area (Å²) >= 11 is 0. The molecule has 4 nitrogen and oxygen atoms in total. The van der Waals surface area contributed by atoms with E-state index >= 15 is 0 Å². The van der Waals surface area contributed by atoms with Gasteiger partial charge in [0.1, 0.15) is 0 Å². The molecule has 1 N–H and O–H groups in total. The van der Waals surface area contributed by atoms with E-state index in [2.05, 4.69) is 10.2 Å². The third kappa shape index (κ3) is 2.69. The molecular formula is C11H21N3O. The van der Waals surface area contributed by atoms with Crippen molar-refractivity contribution in [3.8, 4) is 0 Å². The van der Waals surface area contributed by atoms with E-state index in [1.54, 1.807) is 0 Å². The number of carbonyl (C=O) groups excluding carboxylic acids is 1. The molecule has 0 aromatic rings. The standard InChI is InChI=1S/C11H21N3O/c1-13-7-4-8-14(11(15)9-13)10-5-2-3-6-12-10/h10,12H,2-9H2,1H3. The number of piperidine rings is 1. The molecule has 1 amide bonds. The molecule has 0 bridgehead atoms. The number of carbonyl (C=O) groups is 1. The number of amides is 1. The topological polar surface area (TPSA) is 35.6 Å². The van der Waals surface area contributed by atoms with E-state index in [1.807, 2.05) is 11.9 Å². The van der Waals surface area contributed by atoms with Gasteiger partial charge in [0.25, 0.3) is 0 Å². The minimum Gasteiger partial charge on any atom is -0.326 e. The molecule has 2 rings (SSSR count). The Morgan fingerprint density at radius 3 is 2.87 bits per heavy atom. The van der Waals surface area contributed by atoms with E-state index in [-0.39, 0.29) is 5.91 Å². The summed E-state index contributed by atoms with van der Waals surface area (Å²) in [5.41, 5.74) is 0. The Hall–Kier alpha value is -0.610. The van der Waals surface area contributed by atoms with Crippen LogP contribution in [0.15, 0.2) is 0 Å². The highest BCUT2D eigenvalue weighted by Gasteiger charge is 2.27. The molecular weight excluding hydrogens is 190 g/mol. The summed E-state index contributed by atoms with van der Waals surface area (Å²) in [5, 5.41) is 3.45. The summed E-state index contributed by atoms with van der Waals surface area (Å²) in [6.07, 6.45) is 5.02. The first kappa shape index (κ1) is 10.9. The fourth-order valence-electron chi connectivity index (χ4n) is 2.47. The van der Waals surface area contributed by atoms with Crippen molar-refractivity contribution in [1.29, 1.82) is 0 Å². The maximum Gasteiger partial charge on any atom is 0.237 e. The number of rotatable bonds is 1. The number of likely N-dealkylation sites (N-methyl/N-ethyl adjacent to an activating group) is 1. The van der Waals surface area contributed by atoms with Crippen molar-refractivity contribution < 1.29 is 4.79 Å². The highest BCUT2D eigenvalue weighted by atomic mass is 16.2. The third-order valence-electron chi connectivity index (χ3n) is 3.32. The molecule has 2 heterocycles. The lowest BCUT2D eigenvalue weighted by Crippen LogP contribution is -2.52. The summed E-state index contributed by atoms with van der Waals surface area (Å²) in [6.45, 7) is 3.60. The minimum absolute atomic E-state index is 0.286. The minimum atomic E-state index is 0.286. The Morgan fingerprint density at radius 1 is 1.27 bits per heavy atom. The predicted octanol–water partition coefficient (Wildman–Crippen LogP) is 0.250. The summed E-state index contributed by atoms with van der Waals surface area (Å²) in [7, 11) is 2.02. The zero-order valence-electron chi connectivity index (χ0n) is 9.54. The molecule has 0 spiro atoms. The maximum atomic E-state index is 12.0. The Balaban J connectivity index is 1.96. The molecule has 0 aliphatic carbocycles. The highest BCUT2D eigenvalue weighted by molar-refractivity contribution is 5.78. The average Bonchev–Trinajstić information content (AvgIpc) is 2.40. The van der Waals surface area contributed by atoms with Gasteiger partial charge in [0, 0.05) is 13.1 Å². The van der Waals surface area contributed by atoms with Gasteiger partial charge in [-0.1, -0.05) is 0 Å². The first-order valence-electron chi connectivity index (χ1n) is 5.99. The molecule has 1 atom stereocenters. The smallest absolute Gasteiger partial charge is 0.237 e. The van der Waals surface area contributed by atoms with Crippen molar-refractivity contribution in [2.45, 2.75) is 31.8 Å². The molecule has 2 aliphatic rings. The third-order valence-corrected chi connectivity index (χ3v) is 3.32. The lowest BCUT2D eigenvalue weighted by molar-refractivity contribution is -0.134. The first-order valence-corrected chi connectivity index (χ1v) is 5.99. The van der Waals surface area contributed by atoms with Gasteiger partial charge < -0.3 is 4.90 Å². The summed E-state index contributed by atoms with van der Waals surface area (Å²) in [6, 6.07) is 0. The number of hydrogen-bond donors (Lipinski definition) is 1. The van der Waals surface area contributed by atoms with Gasteiger partial charge in [0.2, 0.25) is 5.91 Å². The molecule has 2 aliphatic heterocycles. The molecule has 86 valence electrons. The van der Waals surface area contributed by atoms with E-state index in [0.29, 0.717) is 12.7 Å². The maximum absolute atomic E-state index is 12.0. The van der Waals surface area contributed by atoms with E-state index in [4.69, 9.17) is 0 Å². The SMILES string of the molecule is CN1CCCN(C2CCCCN2)C(=O)C1. The van der Waals surface area contributed by atoms with Crippen LogP contribution in [0, 0.1) is 0 Å². The molecule has 1 unspecified atom stereocenters. The highest BCUT2D eigenvalue weighted by Crippen LogP contribution is 2.14. The summed E-state index contributed by atoms with van der Waals surface area (Å²) in [4.78, 5) is 16.1. The van der Waals surface area contributed by atoms with Crippen molar-refractivity contribution >= 4 is 5.91 Å². The normalized spacial score (nSPS) is 30.3. The van der Waals surface area contributed by atoms with Crippen LogP contribution in [0.5, 0.6) is 0 Å². The van der Waals surface area contributed by atoms with Crippen LogP contribution in [0.2, 0.25) is 0 Å². The summed E-state index contributed by atoms with van der Waals surface area (Å²) in [5.74, 6) is 0.286. The van der Waals surface area contributed by atoms with E-state index in [0.717, 1.165) is 32.5 Å². The molecule has 0 saturated carbocycles. The van der Waals surface area contributed by atoms with Gasteiger partial charge in [-0.25, -0.2) is 0 Å². The Labute approximate surface area is 91.6 Å². The van der Waals surface area contributed by atoms with Crippen LogP contribution in [0.4, 0.5) is 0 Å². The second kappa shape index (κ2) is 4.94. The van der Waals surface area contributed by atoms with Crippen LogP contribution in [-0.4, -0.2) is 55.1 Å². The second-order valence-electron chi connectivity index (χ2n) is 4.64. The number of hydrogen-bond acceptors (Lipinski definition) is 3. The van der Waals surface area contributed by atoms with Gasteiger partial charge in [-0.15, -0.1) is 0 Å². The number of nitrogens with one attached hydrogen (secondary N) is 1. The van der Waals surface area contributed by atoms with Crippen molar-refractivity contribution in [3.05, 3.63) is 0 Å². The van der Waals surface area contributed by atoms with Crippen LogP contribution in [0.3, 0.4) is 0 Å². The van der Waals surface area contributed by atoms with Gasteiger partial charge in [0.15, 0.2) is 0 Å². The Bertz CT molecular complexity index is 226. The molecule has 0 aromatic heterocycles. The van der Waals surface area contributed by atoms with Gasteiger partial charge in [-0.3, -0.25) is 15.0 Å². The van der Waals surface area contributed by atoms with Crippen molar-refractivity contribution in [2.24, 2.45) is 0 Å². The quantitative estimate of drug-likeness (QED) is 0.675. The predicted molar refractivity (Wildman–Crippen MR) is 59.5 cm³/mol. The van der Waals surface area contributed by atoms with Crippen LogP contribution < -0.4 is 5.32 Å². The van der Waals surface area contributed by atoms with Gasteiger partial charge in [0.05, 0.1) is 12.7 Å². The number of nitrogens with zero attached hydrogens (tertiary/aromatic N) is 2. The van der Waals surface area contributed by atoms with Crippen LogP contribution in [0.1, 0.15) is 25.7 Å². The van der Waals surface area contributed by atoms with Crippen molar-refractivity contribution in [3.63, 3.8) is 0 Å². The van der Waals surface area contributed by atoms with E-state index in [1.165, 1.54) is 12.8 Å². The largest absolute Gasteiger partial charge is 0.326 e. The first-order chi connectivity index (χ1) is 7.27. The monoisotopic (exact) mass is 211 g/mol. The lowest BCUT2D eigenvalue weighted by Gasteiger charge is -2.34. The fraction of sp³-hybridized carbons (Fsp3) is 0.909. The van der Waals surface area contributed by atoms with Crippen molar-refractivity contribution in [2.75, 3.05) is 33.2 Å². The zero-order chi connectivity index (χ0) is 10.7. The van der Waals surface area contributed by atoms with Gasteiger partial charge >= 0.3 is 0 Å². The molecule has 0 radical (unpaired) electrons. The van der Waals surface area contributed by atoms with Crippen LogP contribution in [0.25, 0.3) is 0 Å². The molecule has 2 saturated heterocycles. The van der Waals surface area contributed by atoms with Gasteiger partial charge in [-0.05, 0) is 39.3 Å². The molecule has 2 fully saturated rings. The second-order valence-corrected chi connectivity index (χ2v) is 4.64. The molecule has 0 aromatic carbocycles. The summed E-state index contributed by atoms with van der Waals surface area (Å²) < 4.78 is 0. The molecule has 15 heavy (non-hydrogen) atoms. The van der Waals surface area contributed by atoms with Crippen molar-refractivity contribution in [1.82, 2.24) is 15.1 Å². The van der Waals surface area contributed by atoms with E-state index in [9.17, 15) is 4.79 Å². The van der Waals surface area contributed by atoms with E-state index < -0.39 is 0 Å². The van der Waals surface area contributed by atoms with Crippen LogP contribution >= 0.6 is 0 Å². The Kier molecular flexibility index (Phi) is 3.59. The molecule has 4 heteroatoms. The van der Waals surface area contributed by atoms with Gasteiger partial charge in [-0.2, -0.15) is 0 Å². The fourth-order valence-corrected chi connectivity index (χ4v) is 2.47. The van der Waals surface area contributed by atoms with Crippen LogP contribution in [-0.2, 0) is 4.79 Å². The Morgan fingerprint density at radius 2 is 2.13 bits per heavy atom. The average molecular weight is 211 g/mol. The lowest BCUT2D eigenvalue weighted by atomic mass is 10.1.